The Kier molecular flexibility index (Phi) is 4.88. The van der Waals surface area contributed by atoms with Crippen molar-refractivity contribution in [3.63, 3.8) is 0 Å². The first-order valence-corrected chi connectivity index (χ1v) is 8.65. The zero-order valence-electron chi connectivity index (χ0n) is 14.2. The van der Waals surface area contributed by atoms with E-state index in [2.05, 4.69) is 4.98 Å². The Balaban J connectivity index is 1.93. The predicted octanol–water partition coefficient (Wildman–Crippen LogP) is 3.85. The van der Waals surface area contributed by atoms with Gasteiger partial charge in [0.15, 0.2) is 0 Å². The molecule has 0 saturated carbocycles. The van der Waals surface area contributed by atoms with Crippen LogP contribution >= 0.6 is 0 Å². The van der Waals surface area contributed by atoms with Crippen LogP contribution in [-0.2, 0) is 0 Å². The van der Waals surface area contributed by atoms with E-state index in [1.807, 2.05) is 32.0 Å². The highest BCUT2D eigenvalue weighted by Crippen LogP contribution is 2.31. The fourth-order valence-corrected chi connectivity index (χ4v) is 3.28. The number of hydrogen-bond acceptors (Lipinski definition) is 3. The standard InChI is InChI=1S/C19H24N2O3/c1-13(2)15-10-9-14(18(22)20-15)19(23)21-11-5-3-4-7-16(21)17-8-6-12-24-17/h6,8-10,12-13,16H,3-5,7,11H2,1-2H3,(H,20,22). The maximum Gasteiger partial charge on any atom is 0.261 e. The van der Waals surface area contributed by atoms with Gasteiger partial charge in [0.2, 0.25) is 0 Å². The lowest BCUT2D eigenvalue weighted by Crippen LogP contribution is -2.37. The number of hydrogen-bond donors (Lipinski definition) is 1. The van der Waals surface area contributed by atoms with Crippen LogP contribution in [0.4, 0.5) is 0 Å². The molecule has 2 aromatic rings. The molecule has 1 unspecified atom stereocenters. The van der Waals surface area contributed by atoms with Gasteiger partial charge in [-0.15, -0.1) is 0 Å². The summed E-state index contributed by atoms with van der Waals surface area (Å²) < 4.78 is 5.55. The lowest BCUT2D eigenvalue weighted by atomic mass is 10.1. The van der Waals surface area contributed by atoms with Gasteiger partial charge in [-0.25, -0.2) is 0 Å². The molecule has 0 radical (unpaired) electrons. The number of rotatable bonds is 3. The van der Waals surface area contributed by atoms with Gasteiger partial charge in [-0.05, 0) is 43.0 Å². The zero-order chi connectivity index (χ0) is 17.1. The lowest BCUT2D eigenvalue weighted by molar-refractivity contribution is 0.0656. The Bertz CT molecular complexity index is 746. The number of amides is 1. The molecule has 1 aliphatic rings. The first-order chi connectivity index (χ1) is 11.6. The molecule has 3 heterocycles. The number of pyridine rings is 1. The van der Waals surface area contributed by atoms with Crippen molar-refractivity contribution in [2.24, 2.45) is 0 Å². The van der Waals surface area contributed by atoms with Crippen LogP contribution < -0.4 is 5.56 Å². The summed E-state index contributed by atoms with van der Waals surface area (Å²) in [6, 6.07) is 7.13. The number of aromatic amines is 1. The second-order valence-corrected chi connectivity index (χ2v) is 6.69. The van der Waals surface area contributed by atoms with Crippen LogP contribution in [0.15, 0.2) is 39.7 Å². The summed E-state index contributed by atoms with van der Waals surface area (Å²) in [6.45, 7) is 4.67. The average molecular weight is 328 g/mol. The molecule has 0 spiro atoms. The minimum absolute atomic E-state index is 0.0980. The number of likely N-dealkylation sites (tertiary alicyclic amines) is 1. The van der Waals surface area contributed by atoms with E-state index in [0.717, 1.165) is 37.1 Å². The van der Waals surface area contributed by atoms with Crippen LogP contribution in [-0.4, -0.2) is 22.3 Å². The SMILES string of the molecule is CC(C)c1ccc(C(=O)N2CCCCCC2c2ccco2)c(=O)[nH]1. The van der Waals surface area contributed by atoms with Crippen molar-refractivity contribution in [2.75, 3.05) is 6.54 Å². The van der Waals surface area contributed by atoms with E-state index < -0.39 is 0 Å². The largest absolute Gasteiger partial charge is 0.467 e. The predicted molar refractivity (Wildman–Crippen MR) is 92.1 cm³/mol. The van der Waals surface area contributed by atoms with E-state index >= 15 is 0 Å². The Morgan fingerprint density at radius 1 is 1.25 bits per heavy atom. The first kappa shape index (κ1) is 16.6. The Morgan fingerprint density at radius 2 is 2.08 bits per heavy atom. The third kappa shape index (κ3) is 3.30. The normalized spacial score (nSPS) is 18.6. The summed E-state index contributed by atoms with van der Waals surface area (Å²) >= 11 is 0. The molecular formula is C19H24N2O3. The molecule has 1 amide bonds. The topological polar surface area (TPSA) is 66.3 Å². The van der Waals surface area contributed by atoms with Crippen molar-refractivity contribution < 1.29 is 9.21 Å². The van der Waals surface area contributed by atoms with Crippen LogP contribution in [0.25, 0.3) is 0 Å². The molecule has 0 aromatic carbocycles. The molecule has 3 rings (SSSR count). The summed E-state index contributed by atoms with van der Waals surface area (Å²) in [6.07, 6.45) is 5.58. The number of H-pyrrole nitrogens is 1. The van der Waals surface area contributed by atoms with Gasteiger partial charge in [0.05, 0.1) is 12.3 Å². The molecule has 1 saturated heterocycles. The van der Waals surface area contributed by atoms with Gasteiger partial charge in [0.25, 0.3) is 11.5 Å². The van der Waals surface area contributed by atoms with Crippen LogP contribution in [0, 0.1) is 0 Å². The number of carbonyl (C=O) groups is 1. The van der Waals surface area contributed by atoms with Crippen LogP contribution in [0.2, 0.25) is 0 Å². The highest BCUT2D eigenvalue weighted by Gasteiger charge is 2.30. The Labute approximate surface area is 141 Å². The second kappa shape index (κ2) is 7.07. The van der Waals surface area contributed by atoms with E-state index in [1.165, 1.54) is 0 Å². The molecule has 1 aliphatic heterocycles. The molecule has 0 bridgehead atoms. The third-order valence-electron chi connectivity index (χ3n) is 4.67. The van der Waals surface area contributed by atoms with Crippen LogP contribution in [0.1, 0.15) is 73.3 Å². The molecule has 5 nitrogen and oxygen atoms in total. The molecule has 24 heavy (non-hydrogen) atoms. The third-order valence-corrected chi connectivity index (χ3v) is 4.67. The lowest BCUT2D eigenvalue weighted by Gasteiger charge is -2.28. The van der Waals surface area contributed by atoms with E-state index in [1.54, 1.807) is 17.2 Å². The minimum atomic E-state index is -0.311. The Hall–Kier alpha value is -2.30. The number of furan rings is 1. The maximum absolute atomic E-state index is 13.0. The number of nitrogens with one attached hydrogen (secondary N) is 1. The average Bonchev–Trinajstić information content (AvgIpc) is 2.98. The van der Waals surface area contributed by atoms with Gasteiger partial charge in [-0.2, -0.15) is 0 Å². The summed E-state index contributed by atoms with van der Waals surface area (Å²) in [5.41, 5.74) is 0.737. The monoisotopic (exact) mass is 328 g/mol. The van der Waals surface area contributed by atoms with E-state index in [4.69, 9.17) is 4.42 Å². The molecule has 1 N–H and O–H groups in total. The summed E-state index contributed by atoms with van der Waals surface area (Å²) in [7, 11) is 0. The van der Waals surface area contributed by atoms with Crippen molar-refractivity contribution in [3.8, 4) is 0 Å². The van der Waals surface area contributed by atoms with Gasteiger partial charge in [0, 0.05) is 12.2 Å². The fourth-order valence-electron chi connectivity index (χ4n) is 3.28. The van der Waals surface area contributed by atoms with Crippen molar-refractivity contribution in [1.29, 1.82) is 0 Å². The van der Waals surface area contributed by atoms with Crippen LogP contribution in [0.5, 0.6) is 0 Å². The van der Waals surface area contributed by atoms with Gasteiger partial charge >= 0.3 is 0 Å². The van der Waals surface area contributed by atoms with Crippen molar-refractivity contribution in [3.05, 3.63) is 57.9 Å². The number of carbonyl (C=O) groups excluding carboxylic acids is 1. The summed E-state index contributed by atoms with van der Waals surface area (Å²) in [5.74, 6) is 0.797. The highest BCUT2D eigenvalue weighted by molar-refractivity contribution is 5.94. The van der Waals surface area contributed by atoms with Gasteiger partial charge in [0.1, 0.15) is 11.3 Å². The molecule has 2 aromatic heterocycles. The number of aromatic nitrogens is 1. The molecule has 1 fully saturated rings. The van der Waals surface area contributed by atoms with Gasteiger partial charge in [-0.3, -0.25) is 9.59 Å². The van der Waals surface area contributed by atoms with Gasteiger partial charge in [-0.1, -0.05) is 26.7 Å². The highest BCUT2D eigenvalue weighted by atomic mass is 16.3. The summed E-state index contributed by atoms with van der Waals surface area (Å²) in [5, 5.41) is 0. The first-order valence-electron chi connectivity index (χ1n) is 8.65. The quantitative estimate of drug-likeness (QED) is 0.930. The molecule has 128 valence electrons. The van der Waals surface area contributed by atoms with E-state index in [0.29, 0.717) is 6.54 Å². The number of nitrogens with zero attached hydrogens (tertiary/aromatic N) is 1. The fraction of sp³-hybridized carbons (Fsp3) is 0.474. The summed E-state index contributed by atoms with van der Waals surface area (Å²) in [4.78, 5) is 30.0. The maximum atomic E-state index is 13.0. The smallest absolute Gasteiger partial charge is 0.261 e. The Morgan fingerprint density at radius 3 is 2.75 bits per heavy atom. The molecular weight excluding hydrogens is 304 g/mol. The van der Waals surface area contributed by atoms with E-state index in [-0.39, 0.29) is 29.0 Å². The van der Waals surface area contributed by atoms with E-state index in [9.17, 15) is 9.59 Å². The second-order valence-electron chi connectivity index (χ2n) is 6.69. The van der Waals surface area contributed by atoms with Crippen molar-refractivity contribution in [1.82, 2.24) is 9.88 Å². The molecule has 5 heteroatoms. The van der Waals surface area contributed by atoms with Crippen LogP contribution in [0.3, 0.4) is 0 Å². The van der Waals surface area contributed by atoms with Crippen molar-refractivity contribution >= 4 is 5.91 Å². The van der Waals surface area contributed by atoms with Crippen molar-refractivity contribution in [2.45, 2.75) is 51.5 Å². The van der Waals surface area contributed by atoms with Gasteiger partial charge < -0.3 is 14.3 Å². The molecule has 1 atom stereocenters. The zero-order valence-corrected chi connectivity index (χ0v) is 14.2. The molecule has 0 aliphatic carbocycles. The minimum Gasteiger partial charge on any atom is -0.467 e.